The minimum absolute atomic E-state index is 0.521. The van der Waals surface area contributed by atoms with Gasteiger partial charge < -0.3 is 0 Å². The van der Waals surface area contributed by atoms with Gasteiger partial charge >= 0.3 is 0 Å². The molecule has 0 spiro atoms. The first-order valence-corrected chi connectivity index (χ1v) is 20.7. The summed E-state index contributed by atoms with van der Waals surface area (Å²) in [6, 6.07) is 33.0. The molecule has 0 bridgehead atoms. The van der Waals surface area contributed by atoms with Crippen LogP contribution in [0.2, 0.25) is 13.1 Å². The topological polar surface area (TPSA) is 0 Å². The molecule has 0 saturated carbocycles. The van der Waals surface area contributed by atoms with Crippen LogP contribution >= 0.6 is 0 Å². The van der Waals surface area contributed by atoms with Gasteiger partial charge in [0.1, 0.15) is 0 Å². The van der Waals surface area contributed by atoms with Gasteiger partial charge in [0.05, 0.1) is 8.07 Å². The Kier molecular flexibility index (Phi) is 8.95. The van der Waals surface area contributed by atoms with Gasteiger partial charge in [-0.15, -0.1) is 0 Å². The summed E-state index contributed by atoms with van der Waals surface area (Å²) in [5, 5.41) is 0. The van der Waals surface area contributed by atoms with Gasteiger partial charge in [-0.2, -0.15) is 0 Å². The Hall–Kier alpha value is -3.42. The molecule has 4 aromatic carbocycles. The second kappa shape index (κ2) is 12.8. The molecular weight excluding hydrogens is 557 g/mol. The van der Waals surface area contributed by atoms with E-state index in [1.807, 2.05) is 0 Å². The van der Waals surface area contributed by atoms with E-state index in [-0.39, 0.29) is 0 Å². The SMILES string of the molecule is CCCC1=Cc2c(-c3ccc(C(C)C)cc3)cccc2C1[Si](C)(C)C1C(CCC)=Cc2c(-c3ccc(C(C)C)cc3)cccc21. The predicted molar refractivity (Wildman–Crippen MR) is 201 cm³/mol. The fraction of sp³-hybridized carbons (Fsp3) is 0.364. The molecule has 0 heterocycles. The van der Waals surface area contributed by atoms with Crippen LogP contribution in [-0.2, 0) is 0 Å². The molecule has 2 unspecified atom stereocenters. The lowest BCUT2D eigenvalue weighted by Crippen LogP contribution is -2.43. The molecule has 232 valence electrons. The maximum atomic E-state index is 2.70. The van der Waals surface area contributed by atoms with Gasteiger partial charge in [-0.25, -0.2) is 0 Å². The van der Waals surface area contributed by atoms with Crippen LogP contribution in [0.1, 0.15) is 124 Å². The Morgan fingerprint density at radius 2 is 0.911 bits per heavy atom. The molecule has 0 aliphatic heterocycles. The predicted octanol–water partition coefficient (Wildman–Crippen LogP) is 13.3. The molecule has 45 heavy (non-hydrogen) atoms. The van der Waals surface area contributed by atoms with Crippen molar-refractivity contribution in [3.63, 3.8) is 0 Å². The lowest BCUT2D eigenvalue weighted by Gasteiger charge is -2.40. The quantitative estimate of drug-likeness (QED) is 0.157. The molecule has 0 amide bonds. The van der Waals surface area contributed by atoms with Crippen LogP contribution in [0.15, 0.2) is 96.1 Å². The Bertz CT molecular complexity index is 1600. The van der Waals surface area contributed by atoms with Gasteiger partial charge in [0, 0.05) is 11.1 Å². The molecule has 2 aliphatic carbocycles. The summed E-state index contributed by atoms with van der Waals surface area (Å²) in [7, 11) is -1.97. The second-order valence-corrected chi connectivity index (χ2v) is 19.6. The van der Waals surface area contributed by atoms with Crippen molar-refractivity contribution >= 4 is 20.2 Å². The molecule has 1 heteroatoms. The third-order valence-corrected chi connectivity index (χ3v) is 15.0. The third kappa shape index (κ3) is 5.74. The lowest BCUT2D eigenvalue weighted by molar-refractivity contribution is 0.822. The first kappa shape index (κ1) is 31.6. The average Bonchev–Trinajstić information content (AvgIpc) is 3.60. The number of fused-ring (bicyclic) bond motifs is 2. The van der Waals surface area contributed by atoms with Crippen molar-refractivity contribution in [1.29, 1.82) is 0 Å². The van der Waals surface area contributed by atoms with Crippen molar-refractivity contribution in [2.75, 3.05) is 0 Å². The minimum atomic E-state index is -1.97. The highest BCUT2D eigenvalue weighted by Crippen LogP contribution is 2.56. The maximum Gasteiger partial charge on any atom is 0.0722 e. The molecule has 0 aromatic heterocycles. The van der Waals surface area contributed by atoms with Crippen molar-refractivity contribution in [2.24, 2.45) is 0 Å². The van der Waals surface area contributed by atoms with Crippen molar-refractivity contribution < 1.29 is 0 Å². The standard InChI is InChI=1S/C44H52Si/c1-9-13-35-27-41-37(33-23-19-31(20-24-33)29(3)4)15-11-17-39(41)43(35)45(7,8)44-36(14-10-2)28-42-38(16-12-18-40(42)44)34-25-21-32(22-26-34)30(5)6/h11-12,15-30,43-44H,9-10,13-14H2,1-8H3. The van der Waals surface area contributed by atoms with Crippen molar-refractivity contribution in [2.45, 2.75) is 103 Å². The Morgan fingerprint density at radius 1 is 0.533 bits per heavy atom. The first-order chi connectivity index (χ1) is 21.6. The van der Waals surface area contributed by atoms with Crippen molar-refractivity contribution in [1.82, 2.24) is 0 Å². The smallest absolute Gasteiger partial charge is 0.0679 e. The molecular formula is C44H52Si. The van der Waals surface area contributed by atoms with E-state index in [1.165, 1.54) is 70.2 Å². The first-order valence-electron chi connectivity index (χ1n) is 17.5. The zero-order valence-corrected chi connectivity index (χ0v) is 29.9. The zero-order chi connectivity index (χ0) is 31.9. The van der Waals surface area contributed by atoms with Crippen LogP contribution in [0.4, 0.5) is 0 Å². The lowest BCUT2D eigenvalue weighted by atomic mass is 9.94. The number of rotatable bonds is 10. The van der Waals surface area contributed by atoms with Crippen LogP contribution in [-0.4, -0.2) is 8.07 Å². The number of hydrogen-bond donors (Lipinski definition) is 0. The summed E-state index contributed by atoms with van der Waals surface area (Å²) in [6.45, 7) is 19.2. The largest absolute Gasteiger partial charge is 0.0722 e. The van der Waals surface area contributed by atoms with E-state index < -0.39 is 8.07 Å². The molecule has 0 nitrogen and oxygen atoms in total. The molecule has 2 aliphatic rings. The molecule has 2 atom stereocenters. The minimum Gasteiger partial charge on any atom is -0.0679 e. The highest BCUT2D eigenvalue weighted by atomic mass is 28.3. The van der Waals surface area contributed by atoms with E-state index in [0.29, 0.717) is 22.9 Å². The maximum absolute atomic E-state index is 2.70. The molecule has 4 aromatic rings. The van der Waals surface area contributed by atoms with Gasteiger partial charge in [-0.3, -0.25) is 0 Å². The Labute approximate surface area is 274 Å². The highest BCUT2D eigenvalue weighted by Gasteiger charge is 2.48. The summed E-state index contributed by atoms with van der Waals surface area (Å²) in [5.41, 5.74) is 18.8. The summed E-state index contributed by atoms with van der Waals surface area (Å²) in [4.78, 5) is 0. The molecule has 0 radical (unpaired) electrons. The third-order valence-electron chi connectivity index (χ3n) is 10.6. The number of hydrogen-bond acceptors (Lipinski definition) is 0. The zero-order valence-electron chi connectivity index (χ0n) is 28.9. The van der Waals surface area contributed by atoms with Crippen LogP contribution in [0.3, 0.4) is 0 Å². The molecule has 0 saturated heterocycles. The highest BCUT2D eigenvalue weighted by molar-refractivity contribution is 6.81. The van der Waals surface area contributed by atoms with E-state index in [1.54, 1.807) is 22.3 Å². The van der Waals surface area contributed by atoms with Crippen LogP contribution in [0.5, 0.6) is 0 Å². The molecule has 6 rings (SSSR count). The van der Waals surface area contributed by atoms with E-state index in [9.17, 15) is 0 Å². The van der Waals surface area contributed by atoms with Gasteiger partial charge in [0.15, 0.2) is 0 Å². The summed E-state index contributed by atoms with van der Waals surface area (Å²) in [6.07, 6.45) is 9.95. The van der Waals surface area contributed by atoms with Gasteiger partial charge in [0.25, 0.3) is 0 Å². The van der Waals surface area contributed by atoms with E-state index >= 15 is 0 Å². The monoisotopic (exact) mass is 608 g/mol. The number of benzene rings is 4. The van der Waals surface area contributed by atoms with Crippen LogP contribution in [0.25, 0.3) is 34.4 Å². The summed E-state index contributed by atoms with van der Waals surface area (Å²) in [5.74, 6) is 1.10. The van der Waals surface area contributed by atoms with Gasteiger partial charge in [-0.1, -0.05) is 176 Å². The van der Waals surface area contributed by atoms with Gasteiger partial charge in [-0.05, 0) is 80.3 Å². The summed E-state index contributed by atoms with van der Waals surface area (Å²) < 4.78 is 0. The summed E-state index contributed by atoms with van der Waals surface area (Å²) >= 11 is 0. The van der Waals surface area contributed by atoms with E-state index in [4.69, 9.17) is 0 Å². The normalized spacial score (nSPS) is 17.5. The Morgan fingerprint density at radius 3 is 1.24 bits per heavy atom. The van der Waals surface area contributed by atoms with E-state index in [0.717, 1.165) is 0 Å². The van der Waals surface area contributed by atoms with Crippen LogP contribution in [0, 0.1) is 0 Å². The van der Waals surface area contributed by atoms with Crippen molar-refractivity contribution in [3.05, 3.63) is 129 Å². The molecule has 0 N–H and O–H groups in total. The van der Waals surface area contributed by atoms with Gasteiger partial charge in [0.2, 0.25) is 0 Å². The second-order valence-electron chi connectivity index (χ2n) is 14.8. The number of allylic oxidation sites excluding steroid dienone is 2. The fourth-order valence-electron chi connectivity index (χ4n) is 8.46. The van der Waals surface area contributed by atoms with Crippen molar-refractivity contribution in [3.8, 4) is 22.3 Å². The average molecular weight is 609 g/mol. The fourth-order valence-corrected chi connectivity index (χ4v) is 13.3. The Balaban J connectivity index is 1.45. The van der Waals surface area contributed by atoms with E-state index in [2.05, 4.69) is 152 Å². The molecule has 0 fully saturated rings. The van der Waals surface area contributed by atoms with Crippen LogP contribution < -0.4 is 0 Å².